The van der Waals surface area contributed by atoms with Gasteiger partial charge in [0.2, 0.25) is 0 Å². The van der Waals surface area contributed by atoms with Crippen LogP contribution in [0.4, 0.5) is 26.3 Å². The Morgan fingerprint density at radius 2 is 0.690 bits per heavy atom. The van der Waals surface area contributed by atoms with E-state index in [0.717, 1.165) is 21.4 Å². The van der Waals surface area contributed by atoms with Crippen molar-refractivity contribution in [2.45, 2.75) is 12.7 Å². The molecule has 42 heavy (non-hydrogen) atoms. The second kappa shape index (κ2) is 13.2. The predicted molar refractivity (Wildman–Crippen MR) is 161 cm³/mol. The van der Waals surface area contributed by atoms with Crippen molar-refractivity contribution in [2.24, 2.45) is 0 Å². The monoisotopic (exact) mass is 598 g/mol. The lowest BCUT2D eigenvalue weighted by atomic mass is 9.13. The molecule has 0 saturated heterocycles. The molecule has 0 spiro atoms. The Morgan fingerprint density at radius 3 is 0.929 bits per heavy atom. The zero-order chi connectivity index (χ0) is 30.2. The van der Waals surface area contributed by atoms with E-state index < -0.39 is 30.4 Å². The fraction of sp³-hybridized carbons (Fsp3) is 0.0625. The maximum atomic E-state index is 11.9. The Hall–Kier alpha value is -4.23. The largest absolute Gasteiger partial charge is 0.573 e. The molecular weight excluding hydrogens is 572 g/mol. The summed E-state index contributed by atoms with van der Waals surface area (Å²) in [4.78, 5) is 0. The molecule has 216 valence electrons. The smallest absolute Gasteiger partial charge is 0.405 e. The molecular formula is C32H26BF6O2P. The molecule has 5 aromatic rings. The molecule has 0 radical (unpaired) electrons. The van der Waals surface area contributed by atoms with Crippen LogP contribution in [0.1, 0.15) is 0 Å². The van der Waals surface area contributed by atoms with Crippen LogP contribution in [0.5, 0.6) is 11.5 Å². The first-order valence-corrected chi connectivity index (χ1v) is 13.5. The number of ether oxygens (including phenoxy) is 2. The van der Waals surface area contributed by atoms with Gasteiger partial charge in [-0.15, -0.1) is 26.3 Å². The molecule has 0 bridgehead atoms. The summed E-state index contributed by atoms with van der Waals surface area (Å²) in [5.41, 5.74) is 5.36. The van der Waals surface area contributed by atoms with Gasteiger partial charge in [-0.2, -0.15) is 21.9 Å². The van der Waals surface area contributed by atoms with Crippen LogP contribution in [-0.4, -0.2) is 18.9 Å². The van der Waals surface area contributed by atoms with E-state index in [-0.39, 0.29) is 5.30 Å². The van der Waals surface area contributed by atoms with Crippen LogP contribution in [0, 0.1) is 0 Å². The standard InChI is InChI=1S/C24H20B.C8H5F6O2P/c1-5-13-21(14-6-1)25(22-15-7-2-8-16-22,23-17-9-3-10-18-23)24-19-11-4-12-20-24;9-7(10,11)15-4-1-5(3-6(17)2-4)16-8(12,13)14/h1-20H;1-3H,17H2/q-1;/p+1. The lowest BCUT2D eigenvalue weighted by Crippen LogP contribution is -2.74. The van der Waals surface area contributed by atoms with Gasteiger partial charge in [-0.1, -0.05) is 121 Å². The minimum absolute atomic E-state index is 0.172. The van der Waals surface area contributed by atoms with Gasteiger partial charge in [0.1, 0.15) is 17.6 Å². The Morgan fingerprint density at radius 1 is 0.429 bits per heavy atom. The fourth-order valence-corrected chi connectivity index (χ4v) is 5.54. The summed E-state index contributed by atoms with van der Waals surface area (Å²) in [6, 6.07) is 45.9. The highest BCUT2D eigenvalue weighted by Gasteiger charge is 2.34. The second-order valence-electron chi connectivity index (χ2n) is 9.42. The Bertz CT molecular complexity index is 1350. The molecule has 5 aromatic carbocycles. The second-order valence-corrected chi connectivity index (χ2v) is 10.2. The van der Waals surface area contributed by atoms with Crippen LogP contribution in [0.25, 0.3) is 0 Å². The summed E-state index contributed by atoms with van der Waals surface area (Å²) in [6.45, 7) is 0. The van der Waals surface area contributed by atoms with Crippen molar-refractivity contribution in [1.29, 1.82) is 0 Å². The molecule has 1 unspecified atom stereocenters. The lowest BCUT2D eigenvalue weighted by molar-refractivity contribution is -0.276. The Balaban J connectivity index is 0.000000209. The first-order chi connectivity index (χ1) is 20.0. The van der Waals surface area contributed by atoms with E-state index in [1.165, 1.54) is 21.9 Å². The van der Waals surface area contributed by atoms with Crippen LogP contribution < -0.4 is 36.6 Å². The van der Waals surface area contributed by atoms with Gasteiger partial charge in [-0.25, -0.2) is 0 Å². The molecule has 1 atom stereocenters. The van der Waals surface area contributed by atoms with E-state index in [1.807, 2.05) is 0 Å². The molecule has 0 aliphatic rings. The van der Waals surface area contributed by atoms with Gasteiger partial charge in [-0.05, 0) is 0 Å². The minimum atomic E-state index is -4.97. The Kier molecular flexibility index (Phi) is 9.64. The van der Waals surface area contributed by atoms with Crippen LogP contribution in [0.15, 0.2) is 140 Å². The van der Waals surface area contributed by atoms with Gasteiger partial charge in [0.05, 0.1) is 5.30 Å². The highest BCUT2D eigenvalue weighted by Crippen LogP contribution is 2.29. The summed E-state index contributed by atoms with van der Waals surface area (Å²) in [6.07, 6.45) is -11.1. The third-order valence-corrected chi connectivity index (χ3v) is 7.01. The van der Waals surface area contributed by atoms with Crippen molar-refractivity contribution in [1.82, 2.24) is 0 Å². The van der Waals surface area contributed by atoms with Gasteiger partial charge >= 0.3 is 12.7 Å². The molecule has 0 fully saturated rings. The van der Waals surface area contributed by atoms with Crippen molar-refractivity contribution >= 4 is 42.5 Å². The zero-order valence-corrected chi connectivity index (χ0v) is 23.6. The Labute approximate surface area is 242 Å². The van der Waals surface area contributed by atoms with Crippen molar-refractivity contribution in [3.8, 4) is 11.5 Å². The van der Waals surface area contributed by atoms with Crippen LogP contribution >= 0.6 is 9.24 Å². The summed E-state index contributed by atoms with van der Waals surface area (Å²) in [7, 11) is 1.10. The molecule has 10 heteroatoms. The highest BCUT2D eigenvalue weighted by atomic mass is 31.0. The van der Waals surface area contributed by atoms with E-state index in [1.54, 1.807) is 0 Å². The molecule has 0 amide bonds. The average molecular weight is 598 g/mol. The van der Waals surface area contributed by atoms with Gasteiger partial charge < -0.3 is 9.47 Å². The molecule has 0 aromatic heterocycles. The maximum absolute atomic E-state index is 11.9. The number of hydrogen-bond acceptors (Lipinski definition) is 2. The fourth-order valence-electron chi connectivity index (χ4n) is 5.14. The minimum Gasteiger partial charge on any atom is -0.405 e. The molecule has 0 saturated carbocycles. The normalized spacial score (nSPS) is 11.8. The third-order valence-electron chi connectivity index (χ3n) is 6.61. The molecule has 5 rings (SSSR count). The molecule has 2 nitrogen and oxygen atoms in total. The maximum Gasteiger partial charge on any atom is 0.573 e. The number of hydrogen-bond donors (Lipinski definition) is 0. The van der Waals surface area contributed by atoms with Gasteiger partial charge in [0.25, 0.3) is 0 Å². The van der Waals surface area contributed by atoms with Crippen LogP contribution in [0.3, 0.4) is 0 Å². The van der Waals surface area contributed by atoms with Crippen molar-refractivity contribution in [3.63, 3.8) is 0 Å². The third kappa shape index (κ3) is 7.95. The number of alkyl halides is 6. The first-order valence-electron chi connectivity index (χ1n) is 12.8. The van der Waals surface area contributed by atoms with Crippen molar-refractivity contribution < 1.29 is 35.8 Å². The summed E-state index contributed by atoms with van der Waals surface area (Å²) in [5, 5.41) is 0.172. The van der Waals surface area contributed by atoms with Crippen LogP contribution in [0.2, 0.25) is 0 Å². The van der Waals surface area contributed by atoms with E-state index in [2.05, 4.69) is 131 Å². The molecule has 0 N–H and O–H groups in total. The zero-order valence-electron chi connectivity index (χ0n) is 22.1. The van der Waals surface area contributed by atoms with E-state index in [0.29, 0.717) is 6.07 Å². The average Bonchev–Trinajstić information content (AvgIpc) is 2.94. The lowest BCUT2D eigenvalue weighted by Gasteiger charge is -2.44. The van der Waals surface area contributed by atoms with Crippen LogP contribution in [-0.2, 0) is 0 Å². The summed E-state index contributed by atoms with van der Waals surface area (Å²) in [5.74, 6) is -1.52. The van der Waals surface area contributed by atoms with E-state index in [9.17, 15) is 26.3 Å². The molecule has 0 heterocycles. The van der Waals surface area contributed by atoms with Crippen molar-refractivity contribution in [3.05, 3.63) is 140 Å². The molecule has 0 aliphatic carbocycles. The van der Waals surface area contributed by atoms with Gasteiger partial charge in [-0.3, -0.25) is 0 Å². The molecule has 0 aliphatic heterocycles. The predicted octanol–water partition coefficient (Wildman–Crippen LogP) is 5.78. The topological polar surface area (TPSA) is 18.5 Å². The quantitative estimate of drug-likeness (QED) is 0.140. The van der Waals surface area contributed by atoms with Gasteiger partial charge in [0.15, 0.2) is 0 Å². The summed E-state index contributed by atoms with van der Waals surface area (Å²) < 4.78 is 78.1. The first kappa shape index (κ1) is 30.7. The SMILES string of the molecule is FC(F)(F)Oc1cc([PH3+])cc(OC(F)(F)F)c1.c1ccc([B-](c2ccccc2)(c2ccccc2)c2ccccc2)cc1. The van der Waals surface area contributed by atoms with E-state index in [4.69, 9.17) is 0 Å². The number of benzene rings is 5. The summed E-state index contributed by atoms with van der Waals surface area (Å²) >= 11 is 0. The highest BCUT2D eigenvalue weighted by molar-refractivity contribution is 7.27. The van der Waals surface area contributed by atoms with E-state index >= 15 is 0 Å². The van der Waals surface area contributed by atoms with Gasteiger partial charge in [0, 0.05) is 27.4 Å². The van der Waals surface area contributed by atoms with Crippen molar-refractivity contribution in [2.75, 3.05) is 0 Å². The number of rotatable bonds is 6. The number of halogens is 6.